The average Bonchev–Trinajstić information content (AvgIpc) is 3.04. The fraction of sp³-hybridized carbons (Fsp3) is 0.308. The van der Waals surface area contributed by atoms with E-state index in [1.54, 1.807) is 6.20 Å². The van der Waals surface area contributed by atoms with Crippen molar-refractivity contribution >= 4 is 32.1 Å². The second-order valence-electron chi connectivity index (χ2n) is 4.54. The Morgan fingerprint density at radius 3 is 3.06 bits per heavy atom. The van der Waals surface area contributed by atoms with E-state index in [9.17, 15) is 4.79 Å². The molecule has 1 aromatic heterocycles. The predicted octanol–water partition coefficient (Wildman–Crippen LogP) is 0.848. The zero-order chi connectivity index (χ0) is 11.7. The summed E-state index contributed by atoms with van der Waals surface area (Å²) in [6.45, 7) is 0. The van der Waals surface area contributed by atoms with Gasteiger partial charge in [0.1, 0.15) is 0 Å². The number of hydrogen-bond donors (Lipinski definition) is 1. The van der Waals surface area contributed by atoms with E-state index in [1.165, 1.54) is 5.56 Å². The fourth-order valence-corrected chi connectivity index (χ4v) is 5.98. The molecule has 0 spiro atoms. The molecule has 1 aliphatic carbocycles. The number of carbonyl (C=O) groups excluding carboxylic acids is 1. The number of carbonyl (C=O) groups is 1. The number of allylic oxidation sites excluding steroid dienone is 1. The van der Waals surface area contributed by atoms with Gasteiger partial charge in [-0.15, -0.1) is 0 Å². The van der Waals surface area contributed by atoms with Gasteiger partial charge in [-0.25, -0.2) is 0 Å². The van der Waals surface area contributed by atoms with E-state index in [1.807, 2.05) is 12.3 Å². The minimum atomic E-state index is -0.829. The summed E-state index contributed by atoms with van der Waals surface area (Å²) in [6, 6.07) is 4.52. The summed E-state index contributed by atoms with van der Waals surface area (Å²) < 4.78 is 2.71. The Hall–Kier alpha value is -0.900. The Balaban J connectivity index is 1.72. The maximum absolute atomic E-state index is 11.9. The fourth-order valence-electron chi connectivity index (χ4n) is 1.94. The SMILES string of the molecule is O=C(NC1CC1)C1=C[CH](c2cccnc2)[In]=[CH]1. The van der Waals surface area contributed by atoms with Crippen LogP contribution in [-0.4, -0.2) is 43.1 Å². The third kappa shape index (κ3) is 2.68. The van der Waals surface area contributed by atoms with E-state index < -0.39 is 22.4 Å². The third-order valence-corrected chi connectivity index (χ3v) is 7.49. The summed E-state index contributed by atoms with van der Waals surface area (Å²) in [7, 11) is 0. The normalized spacial score (nSPS) is 21.9. The molecule has 1 amide bonds. The van der Waals surface area contributed by atoms with Crippen LogP contribution in [0, 0.1) is 0 Å². The monoisotopic (exact) mass is 328 g/mol. The molecule has 2 aliphatic rings. The van der Waals surface area contributed by atoms with Crippen molar-refractivity contribution in [3.8, 4) is 0 Å². The first kappa shape index (κ1) is 11.2. The Morgan fingerprint density at radius 2 is 2.35 bits per heavy atom. The van der Waals surface area contributed by atoms with Crippen molar-refractivity contribution in [2.45, 2.75) is 22.6 Å². The quantitative estimate of drug-likeness (QED) is 0.894. The van der Waals surface area contributed by atoms with Crippen molar-refractivity contribution in [2.75, 3.05) is 0 Å². The summed E-state index contributed by atoms with van der Waals surface area (Å²) in [4.78, 5) is 16.0. The van der Waals surface area contributed by atoms with Crippen molar-refractivity contribution in [3.05, 3.63) is 41.7 Å². The Bertz CT molecular complexity index is 491. The summed E-state index contributed by atoms with van der Waals surface area (Å²) in [5.74, 6) is 0.130. The number of pyridine rings is 1. The second kappa shape index (κ2) is 4.77. The van der Waals surface area contributed by atoms with Gasteiger partial charge in [0, 0.05) is 0 Å². The second-order valence-corrected chi connectivity index (χ2v) is 8.64. The van der Waals surface area contributed by atoms with Gasteiger partial charge in [0.2, 0.25) is 0 Å². The van der Waals surface area contributed by atoms with Crippen LogP contribution in [-0.2, 0) is 4.79 Å². The number of aromatic nitrogens is 1. The third-order valence-electron chi connectivity index (χ3n) is 3.09. The van der Waals surface area contributed by atoms with Crippen LogP contribution in [0.5, 0.6) is 0 Å². The molecule has 1 aliphatic heterocycles. The van der Waals surface area contributed by atoms with Crippen molar-refractivity contribution in [3.63, 3.8) is 0 Å². The van der Waals surface area contributed by atoms with E-state index in [0.717, 1.165) is 18.4 Å². The number of amides is 1. The number of rotatable bonds is 3. The van der Waals surface area contributed by atoms with Crippen LogP contribution < -0.4 is 5.32 Å². The van der Waals surface area contributed by atoms with E-state index >= 15 is 0 Å². The van der Waals surface area contributed by atoms with E-state index in [-0.39, 0.29) is 5.91 Å². The Morgan fingerprint density at radius 1 is 1.47 bits per heavy atom. The molecule has 1 atom stereocenters. The van der Waals surface area contributed by atoms with Crippen LogP contribution >= 0.6 is 0 Å². The average molecular weight is 328 g/mol. The molecule has 17 heavy (non-hydrogen) atoms. The summed E-state index contributed by atoms with van der Waals surface area (Å²) in [5, 5.41) is 3.04. The zero-order valence-corrected chi connectivity index (χ0v) is 12.8. The van der Waals surface area contributed by atoms with Gasteiger partial charge in [0.15, 0.2) is 0 Å². The first-order valence-electron chi connectivity index (χ1n) is 5.94. The van der Waals surface area contributed by atoms with Crippen LogP contribution in [0.2, 0.25) is 0 Å². The molecule has 1 fully saturated rings. The molecule has 1 saturated carbocycles. The molecule has 3 rings (SSSR count). The maximum atomic E-state index is 11.9. The molecule has 3 nitrogen and oxygen atoms in total. The van der Waals surface area contributed by atoms with Crippen molar-refractivity contribution in [1.29, 1.82) is 0 Å². The first-order valence-corrected chi connectivity index (χ1v) is 9.74. The number of nitrogens with one attached hydrogen (secondary N) is 1. The van der Waals surface area contributed by atoms with E-state index in [2.05, 4.69) is 26.2 Å². The van der Waals surface area contributed by atoms with Gasteiger partial charge in [-0.3, -0.25) is 0 Å². The molecule has 4 heteroatoms. The summed E-state index contributed by atoms with van der Waals surface area (Å²) in [5.41, 5.74) is 2.17. The summed E-state index contributed by atoms with van der Waals surface area (Å²) in [6.07, 6.45) is 8.14. The van der Waals surface area contributed by atoms with Crippen LogP contribution in [0.15, 0.2) is 36.2 Å². The van der Waals surface area contributed by atoms with Crippen LogP contribution in [0.3, 0.4) is 0 Å². The number of nitrogens with zero attached hydrogens (tertiary/aromatic N) is 1. The molecule has 84 valence electrons. The Labute approximate surface area is 111 Å². The molecule has 0 radical (unpaired) electrons. The van der Waals surface area contributed by atoms with Crippen molar-refractivity contribution in [1.82, 2.24) is 10.3 Å². The molecular weight excluding hydrogens is 315 g/mol. The van der Waals surface area contributed by atoms with Gasteiger partial charge < -0.3 is 0 Å². The van der Waals surface area contributed by atoms with Crippen LogP contribution in [0.1, 0.15) is 22.1 Å². The predicted molar refractivity (Wildman–Crippen MR) is 68.0 cm³/mol. The summed E-state index contributed by atoms with van der Waals surface area (Å²) >= 11 is -0.829. The van der Waals surface area contributed by atoms with Crippen molar-refractivity contribution < 1.29 is 4.79 Å². The van der Waals surface area contributed by atoms with Crippen LogP contribution in [0.4, 0.5) is 0 Å². The molecule has 2 heterocycles. The molecule has 0 aromatic carbocycles. The van der Waals surface area contributed by atoms with Gasteiger partial charge in [0.05, 0.1) is 0 Å². The van der Waals surface area contributed by atoms with E-state index in [0.29, 0.717) is 9.72 Å². The molecule has 0 saturated heterocycles. The van der Waals surface area contributed by atoms with Gasteiger partial charge in [-0.2, -0.15) is 0 Å². The van der Waals surface area contributed by atoms with Gasteiger partial charge in [0.25, 0.3) is 0 Å². The molecule has 1 aromatic rings. The molecular formula is C13H13InN2O. The first-order chi connectivity index (χ1) is 8.33. The molecule has 1 unspecified atom stereocenters. The molecule has 1 N–H and O–H groups in total. The van der Waals surface area contributed by atoms with Gasteiger partial charge >= 0.3 is 111 Å². The standard InChI is InChI=1S/C13H13N2O.In/c1-10(13(16)15-12-6-7-12)4-5-11-3-2-8-14-9-11;/h1-5,8-9,12H,6-7H2,(H,15,16);. The van der Waals surface area contributed by atoms with Gasteiger partial charge in [-0.1, -0.05) is 0 Å². The topological polar surface area (TPSA) is 42.0 Å². The molecule has 0 bridgehead atoms. The Kier molecular flexibility index (Phi) is 3.14. The van der Waals surface area contributed by atoms with Crippen LogP contribution in [0.25, 0.3) is 0 Å². The van der Waals surface area contributed by atoms with E-state index in [4.69, 9.17) is 0 Å². The zero-order valence-electron chi connectivity index (χ0n) is 9.47. The number of hydrogen-bond acceptors (Lipinski definition) is 2. The minimum absolute atomic E-state index is 0.130. The van der Waals surface area contributed by atoms with Gasteiger partial charge in [-0.05, 0) is 0 Å². The van der Waals surface area contributed by atoms with Crippen molar-refractivity contribution in [2.24, 2.45) is 0 Å².